The second-order valence-electron chi connectivity index (χ2n) is 1.74. The number of aliphatic hydroxyl groups is 1. The zero-order valence-electron chi connectivity index (χ0n) is 5.23. The smallest absolute Gasteiger partial charge is 0.142 e. The summed E-state index contributed by atoms with van der Waals surface area (Å²) in [6, 6.07) is 0. The zero-order valence-corrected chi connectivity index (χ0v) is 5.23. The fraction of sp³-hybridized carbons (Fsp3) is 0.143. The summed E-state index contributed by atoms with van der Waals surface area (Å²) in [7, 11) is 0. The van der Waals surface area contributed by atoms with E-state index in [0.717, 1.165) is 0 Å². The Balaban J connectivity index is 2.88. The van der Waals surface area contributed by atoms with Crippen molar-refractivity contribution in [2.45, 2.75) is 6.10 Å². The summed E-state index contributed by atoms with van der Waals surface area (Å²) in [5, 5.41) is 9.01. The van der Waals surface area contributed by atoms with E-state index in [1.807, 2.05) is 0 Å². The molecule has 0 saturated heterocycles. The Morgan fingerprint density at radius 1 is 1.50 bits per heavy atom. The van der Waals surface area contributed by atoms with Crippen LogP contribution in [0.1, 0.15) is 11.7 Å². The average molecular weight is 134 g/mol. The SMILES string of the molecule is C#C[C@H](O)c1cncnc1. The van der Waals surface area contributed by atoms with Crippen LogP contribution in [-0.4, -0.2) is 15.1 Å². The molecule has 3 heteroatoms. The van der Waals surface area contributed by atoms with E-state index >= 15 is 0 Å². The van der Waals surface area contributed by atoms with Crippen LogP contribution in [0.3, 0.4) is 0 Å². The summed E-state index contributed by atoms with van der Waals surface area (Å²) in [6.07, 6.45) is 8.41. The molecule has 1 N–H and O–H groups in total. The molecule has 0 radical (unpaired) electrons. The number of hydrogen-bond donors (Lipinski definition) is 1. The first-order valence-electron chi connectivity index (χ1n) is 2.73. The van der Waals surface area contributed by atoms with E-state index < -0.39 is 6.10 Å². The molecule has 0 bridgehead atoms. The fourth-order valence-corrected chi connectivity index (χ4v) is 0.548. The van der Waals surface area contributed by atoms with E-state index in [4.69, 9.17) is 11.5 Å². The molecule has 0 aliphatic heterocycles. The van der Waals surface area contributed by atoms with Gasteiger partial charge in [-0.15, -0.1) is 6.42 Å². The van der Waals surface area contributed by atoms with Gasteiger partial charge in [-0.05, 0) is 0 Å². The molecule has 1 rings (SSSR count). The van der Waals surface area contributed by atoms with Gasteiger partial charge in [-0.1, -0.05) is 5.92 Å². The highest BCUT2D eigenvalue weighted by molar-refractivity contribution is 5.15. The molecular weight excluding hydrogens is 128 g/mol. The molecular formula is C7H6N2O. The van der Waals surface area contributed by atoms with Gasteiger partial charge in [0.15, 0.2) is 0 Å². The van der Waals surface area contributed by atoms with Crippen LogP contribution in [0.25, 0.3) is 0 Å². The first-order chi connectivity index (χ1) is 4.84. The van der Waals surface area contributed by atoms with Gasteiger partial charge in [0.2, 0.25) is 0 Å². The summed E-state index contributed by atoms with van der Waals surface area (Å²) in [5.41, 5.74) is 0.546. The normalized spacial score (nSPS) is 12.0. The molecule has 0 spiro atoms. The second-order valence-corrected chi connectivity index (χ2v) is 1.74. The van der Waals surface area contributed by atoms with Crippen molar-refractivity contribution in [2.75, 3.05) is 0 Å². The molecule has 0 aromatic carbocycles. The first-order valence-corrected chi connectivity index (χ1v) is 2.73. The van der Waals surface area contributed by atoms with Gasteiger partial charge in [0.25, 0.3) is 0 Å². The first kappa shape index (κ1) is 6.72. The molecule has 0 aliphatic rings. The van der Waals surface area contributed by atoms with Crippen LogP contribution in [0.2, 0.25) is 0 Å². The number of nitrogens with zero attached hydrogens (tertiary/aromatic N) is 2. The monoisotopic (exact) mass is 134 g/mol. The standard InChI is InChI=1S/C7H6N2O/c1-2-7(10)6-3-8-5-9-4-6/h1,3-5,7,10H/t7-/m0/s1. The lowest BCUT2D eigenvalue weighted by Crippen LogP contribution is -1.94. The number of aliphatic hydroxyl groups excluding tert-OH is 1. The molecule has 10 heavy (non-hydrogen) atoms. The number of aromatic nitrogens is 2. The van der Waals surface area contributed by atoms with E-state index in [1.165, 1.54) is 18.7 Å². The molecule has 50 valence electrons. The maximum Gasteiger partial charge on any atom is 0.142 e. The van der Waals surface area contributed by atoms with Crippen molar-refractivity contribution in [3.8, 4) is 12.3 Å². The predicted molar refractivity (Wildman–Crippen MR) is 35.8 cm³/mol. The van der Waals surface area contributed by atoms with Gasteiger partial charge < -0.3 is 5.11 Å². The van der Waals surface area contributed by atoms with Crippen LogP contribution in [0, 0.1) is 12.3 Å². The summed E-state index contributed by atoms with van der Waals surface area (Å²) in [4.78, 5) is 7.37. The molecule has 1 aromatic rings. The summed E-state index contributed by atoms with van der Waals surface area (Å²) in [6.45, 7) is 0. The van der Waals surface area contributed by atoms with Gasteiger partial charge in [0, 0.05) is 18.0 Å². The molecule has 1 aromatic heterocycles. The molecule has 1 heterocycles. The highest BCUT2D eigenvalue weighted by Gasteiger charge is 2.00. The van der Waals surface area contributed by atoms with Crippen molar-refractivity contribution in [1.82, 2.24) is 9.97 Å². The van der Waals surface area contributed by atoms with Crippen LogP contribution in [0.5, 0.6) is 0 Å². The van der Waals surface area contributed by atoms with E-state index in [-0.39, 0.29) is 0 Å². The summed E-state index contributed by atoms with van der Waals surface area (Å²) in [5.74, 6) is 2.16. The molecule has 0 aliphatic carbocycles. The third-order valence-corrected chi connectivity index (χ3v) is 1.05. The van der Waals surface area contributed by atoms with Crippen molar-refractivity contribution in [1.29, 1.82) is 0 Å². The average Bonchev–Trinajstić information content (AvgIpc) is 2.05. The number of hydrogen-bond acceptors (Lipinski definition) is 3. The Morgan fingerprint density at radius 3 is 2.60 bits per heavy atom. The predicted octanol–water partition coefficient (Wildman–Crippen LogP) is 0.143. The van der Waals surface area contributed by atoms with E-state index in [2.05, 4.69) is 15.9 Å². The van der Waals surface area contributed by atoms with Gasteiger partial charge in [0.1, 0.15) is 12.4 Å². The lowest BCUT2D eigenvalue weighted by molar-refractivity contribution is 0.237. The Kier molecular flexibility index (Phi) is 1.98. The molecule has 0 unspecified atom stereocenters. The van der Waals surface area contributed by atoms with E-state index in [0.29, 0.717) is 5.56 Å². The topological polar surface area (TPSA) is 46.0 Å². The fourth-order valence-electron chi connectivity index (χ4n) is 0.548. The van der Waals surface area contributed by atoms with Crippen molar-refractivity contribution in [2.24, 2.45) is 0 Å². The lowest BCUT2D eigenvalue weighted by atomic mass is 10.2. The van der Waals surface area contributed by atoms with Crippen LogP contribution >= 0.6 is 0 Å². The Bertz CT molecular complexity index is 240. The van der Waals surface area contributed by atoms with Gasteiger partial charge in [0.05, 0.1) is 0 Å². The molecule has 0 fully saturated rings. The minimum absolute atomic E-state index is 0.546. The van der Waals surface area contributed by atoms with Crippen LogP contribution in [-0.2, 0) is 0 Å². The van der Waals surface area contributed by atoms with Crippen LogP contribution < -0.4 is 0 Å². The molecule has 1 atom stereocenters. The van der Waals surface area contributed by atoms with E-state index in [1.54, 1.807) is 0 Å². The third-order valence-electron chi connectivity index (χ3n) is 1.05. The molecule has 3 nitrogen and oxygen atoms in total. The number of rotatable bonds is 1. The summed E-state index contributed by atoms with van der Waals surface area (Å²) >= 11 is 0. The lowest BCUT2D eigenvalue weighted by Gasteiger charge is -1.98. The maximum absolute atomic E-state index is 9.01. The highest BCUT2D eigenvalue weighted by Crippen LogP contribution is 2.06. The highest BCUT2D eigenvalue weighted by atomic mass is 16.3. The molecule has 0 saturated carbocycles. The van der Waals surface area contributed by atoms with Crippen molar-refractivity contribution < 1.29 is 5.11 Å². The Labute approximate surface area is 58.8 Å². The minimum atomic E-state index is -0.888. The maximum atomic E-state index is 9.01. The Morgan fingerprint density at radius 2 is 2.10 bits per heavy atom. The Hall–Kier alpha value is -1.40. The van der Waals surface area contributed by atoms with Gasteiger partial charge >= 0.3 is 0 Å². The van der Waals surface area contributed by atoms with E-state index in [9.17, 15) is 0 Å². The number of terminal acetylenes is 1. The van der Waals surface area contributed by atoms with Crippen molar-refractivity contribution >= 4 is 0 Å². The van der Waals surface area contributed by atoms with Gasteiger partial charge in [-0.25, -0.2) is 9.97 Å². The van der Waals surface area contributed by atoms with Crippen LogP contribution in [0.4, 0.5) is 0 Å². The van der Waals surface area contributed by atoms with Crippen molar-refractivity contribution in [3.63, 3.8) is 0 Å². The minimum Gasteiger partial charge on any atom is -0.376 e. The molecule has 0 amide bonds. The van der Waals surface area contributed by atoms with Crippen molar-refractivity contribution in [3.05, 3.63) is 24.3 Å². The third kappa shape index (κ3) is 1.30. The van der Waals surface area contributed by atoms with Gasteiger partial charge in [-0.3, -0.25) is 0 Å². The quantitative estimate of drug-likeness (QED) is 0.556. The largest absolute Gasteiger partial charge is 0.376 e. The zero-order chi connectivity index (χ0) is 7.40. The summed E-state index contributed by atoms with van der Waals surface area (Å²) < 4.78 is 0. The van der Waals surface area contributed by atoms with Gasteiger partial charge in [-0.2, -0.15) is 0 Å². The van der Waals surface area contributed by atoms with Crippen LogP contribution in [0.15, 0.2) is 18.7 Å². The second kappa shape index (κ2) is 2.95.